The van der Waals surface area contributed by atoms with E-state index in [2.05, 4.69) is 21.5 Å². The third-order valence-electron chi connectivity index (χ3n) is 6.08. The SMILES string of the molecule is CCOc1ccc2ccccc2c1C(=O)NCCn1ncc2c(=O)n(Cc3cccc(C)c3)cnc21. The first kappa shape index (κ1) is 23.3. The number of ether oxygens (including phenoxy) is 1. The molecule has 0 unspecified atom stereocenters. The summed E-state index contributed by atoms with van der Waals surface area (Å²) in [5.41, 5.74) is 3.04. The quantitative estimate of drug-likeness (QED) is 0.363. The van der Waals surface area contributed by atoms with E-state index in [4.69, 9.17) is 4.74 Å². The van der Waals surface area contributed by atoms with Crippen LogP contribution in [0.1, 0.15) is 28.4 Å². The molecule has 8 nitrogen and oxygen atoms in total. The maximum absolute atomic E-state index is 13.2. The summed E-state index contributed by atoms with van der Waals surface area (Å²) in [6.07, 6.45) is 3.09. The van der Waals surface area contributed by atoms with Gasteiger partial charge in [0.15, 0.2) is 5.65 Å². The molecule has 182 valence electrons. The van der Waals surface area contributed by atoms with Crippen LogP contribution in [-0.2, 0) is 13.1 Å². The molecule has 0 fully saturated rings. The number of fused-ring (bicyclic) bond motifs is 2. The summed E-state index contributed by atoms with van der Waals surface area (Å²) in [6, 6.07) is 19.5. The van der Waals surface area contributed by atoms with Crippen LogP contribution >= 0.6 is 0 Å². The standard InChI is InChI=1S/C28H27N5O3/c1-3-36-24-12-11-21-9-4-5-10-22(21)25(24)27(34)29-13-14-33-26-23(16-31-33)28(35)32(18-30-26)17-20-8-6-7-19(2)15-20/h4-12,15-16,18H,3,13-14,17H2,1-2H3,(H,29,34). The van der Waals surface area contributed by atoms with Crippen molar-refractivity contribution in [2.24, 2.45) is 0 Å². The van der Waals surface area contributed by atoms with E-state index in [0.29, 0.717) is 48.6 Å². The minimum Gasteiger partial charge on any atom is -0.493 e. The Balaban J connectivity index is 1.32. The van der Waals surface area contributed by atoms with Gasteiger partial charge in [-0.2, -0.15) is 5.10 Å². The lowest BCUT2D eigenvalue weighted by molar-refractivity contribution is 0.0950. The predicted octanol–water partition coefficient (Wildman–Crippen LogP) is 3.93. The zero-order valence-electron chi connectivity index (χ0n) is 20.3. The fraction of sp³-hybridized carbons (Fsp3) is 0.214. The number of benzene rings is 3. The molecule has 1 N–H and O–H groups in total. The number of amides is 1. The maximum Gasteiger partial charge on any atom is 0.264 e. The fourth-order valence-electron chi connectivity index (χ4n) is 4.41. The molecule has 0 radical (unpaired) electrons. The van der Waals surface area contributed by atoms with Gasteiger partial charge in [0.1, 0.15) is 17.5 Å². The van der Waals surface area contributed by atoms with Crippen LogP contribution in [0.15, 0.2) is 78.0 Å². The van der Waals surface area contributed by atoms with Gasteiger partial charge in [-0.05, 0) is 36.2 Å². The third kappa shape index (κ3) is 4.57. The van der Waals surface area contributed by atoms with E-state index >= 15 is 0 Å². The highest BCUT2D eigenvalue weighted by atomic mass is 16.5. The zero-order chi connectivity index (χ0) is 25.1. The number of rotatable bonds is 8. The smallest absolute Gasteiger partial charge is 0.264 e. The predicted molar refractivity (Wildman–Crippen MR) is 140 cm³/mol. The second kappa shape index (κ2) is 10.0. The molecule has 0 aliphatic carbocycles. The highest BCUT2D eigenvalue weighted by Gasteiger charge is 2.17. The molecule has 0 saturated heterocycles. The molecule has 1 amide bonds. The lowest BCUT2D eigenvalue weighted by atomic mass is 10.0. The van der Waals surface area contributed by atoms with Crippen molar-refractivity contribution in [3.63, 3.8) is 0 Å². The largest absolute Gasteiger partial charge is 0.493 e. The highest BCUT2D eigenvalue weighted by molar-refractivity contribution is 6.09. The number of hydrogen-bond acceptors (Lipinski definition) is 5. The maximum atomic E-state index is 13.2. The average Bonchev–Trinajstić information content (AvgIpc) is 3.29. The van der Waals surface area contributed by atoms with E-state index in [1.54, 1.807) is 15.6 Å². The Kier molecular flexibility index (Phi) is 6.49. The lowest BCUT2D eigenvalue weighted by Crippen LogP contribution is -2.28. The Labute approximate surface area is 208 Å². The molecule has 0 saturated carbocycles. The van der Waals surface area contributed by atoms with Crippen LogP contribution in [-0.4, -0.2) is 38.4 Å². The van der Waals surface area contributed by atoms with E-state index in [0.717, 1.165) is 21.9 Å². The summed E-state index contributed by atoms with van der Waals surface area (Å²) < 4.78 is 8.95. The molecule has 0 spiro atoms. The molecular formula is C28H27N5O3. The Morgan fingerprint density at radius 3 is 2.75 bits per heavy atom. The first-order chi connectivity index (χ1) is 17.5. The normalized spacial score (nSPS) is 11.2. The molecule has 36 heavy (non-hydrogen) atoms. The van der Waals surface area contributed by atoms with Crippen LogP contribution in [0.5, 0.6) is 5.75 Å². The molecule has 5 aromatic rings. The van der Waals surface area contributed by atoms with E-state index in [-0.39, 0.29) is 11.5 Å². The number of hydrogen-bond donors (Lipinski definition) is 1. The van der Waals surface area contributed by atoms with Gasteiger partial charge in [-0.3, -0.25) is 14.2 Å². The van der Waals surface area contributed by atoms with Gasteiger partial charge >= 0.3 is 0 Å². The van der Waals surface area contributed by atoms with Crippen molar-refractivity contribution in [2.75, 3.05) is 13.2 Å². The number of aryl methyl sites for hydroxylation is 1. The molecule has 8 heteroatoms. The Hall–Kier alpha value is -4.46. The van der Waals surface area contributed by atoms with Crippen LogP contribution < -0.4 is 15.6 Å². The fourth-order valence-corrected chi connectivity index (χ4v) is 4.41. The molecule has 0 aliphatic heterocycles. The Morgan fingerprint density at radius 1 is 1.06 bits per heavy atom. The van der Waals surface area contributed by atoms with Gasteiger partial charge in [0.2, 0.25) is 0 Å². The van der Waals surface area contributed by atoms with Crippen molar-refractivity contribution in [2.45, 2.75) is 26.9 Å². The monoisotopic (exact) mass is 481 g/mol. The highest BCUT2D eigenvalue weighted by Crippen LogP contribution is 2.28. The van der Waals surface area contributed by atoms with E-state index in [1.165, 1.54) is 6.20 Å². The van der Waals surface area contributed by atoms with Crippen molar-refractivity contribution in [3.8, 4) is 5.75 Å². The summed E-state index contributed by atoms with van der Waals surface area (Å²) in [7, 11) is 0. The van der Waals surface area contributed by atoms with Crippen LogP contribution in [0.2, 0.25) is 0 Å². The summed E-state index contributed by atoms with van der Waals surface area (Å²) >= 11 is 0. The average molecular weight is 482 g/mol. The molecule has 3 aromatic carbocycles. The Morgan fingerprint density at radius 2 is 1.92 bits per heavy atom. The number of carbonyl (C=O) groups excluding carboxylic acids is 1. The second-order valence-electron chi connectivity index (χ2n) is 8.62. The van der Waals surface area contributed by atoms with Gasteiger partial charge in [0.25, 0.3) is 11.5 Å². The Bertz CT molecular complexity index is 1620. The molecule has 0 aliphatic rings. The first-order valence-corrected chi connectivity index (χ1v) is 11.9. The zero-order valence-corrected chi connectivity index (χ0v) is 20.3. The minimum atomic E-state index is -0.222. The number of nitrogens with one attached hydrogen (secondary N) is 1. The van der Waals surface area contributed by atoms with Gasteiger partial charge in [0, 0.05) is 6.54 Å². The van der Waals surface area contributed by atoms with Crippen LogP contribution in [0, 0.1) is 6.92 Å². The van der Waals surface area contributed by atoms with Crippen molar-refractivity contribution in [1.29, 1.82) is 0 Å². The minimum absolute atomic E-state index is 0.145. The van der Waals surface area contributed by atoms with Gasteiger partial charge in [-0.1, -0.05) is 60.2 Å². The molecule has 0 bridgehead atoms. The van der Waals surface area contributed by atoms with E-state index in [9.17, 15) is 9.59 Å². The molecule has 0 atom stereocenters. The second-order valence-corrected chi connectivity index (χ2v) is 8.62. The van der Waals surface area contributed by atoms with E-state index in [1.807, 2.05) is 68.4 Å². The number of carbonyl (C=O) groups is 1. The molecule has 2 heterocycles. The number of nitrogens with zero attached hydrogens (tertiary/aromatic N) is 4. The summed E-state index contributed by atoms with van der Waals surface area (Å²) in [5, 5.41) is 9.57. The lowest BCUT2D eigenvalue weighted by Gasteiger charge is -2.13. The van der Waals surface area contributed by atoms with Crippen LogP contribution in [0.4, 0.5) is 0 Å². The van der Waals surface area contributed by atoms with Crippen LogP contribution in [0.3, 0.4) is 0 Å². The first-order valence-electron chi connectivity index (χ1n) is 11.9. The summed E-state index contributed by atoms with van der Waals surface area (Å²) in [4.78, 5) is 30.6. The molecule has 5 rings (SSSR count). The van der Waals surface area contributed by atoms with Gasteiger partial charge in [-0.15, -0.1) is 0 Å². The van der Waals surface area contributed by atoms with Gasteiger partial charge in [0.05, 0.1) is 31.5 Å². The van der Waals surface area contributed by atoms with Crippen molar-refractivity contribution >= 4 is 27.7 Å². The molecular weight excluding hydrogens is 454 g/mol. The van der Waals surface area contributed by atoms with E-state index < -0.39 is 0 Å². The summed E-state index contributed by atoms with van der Waals surface area (Å²) in [6.45, 7) is 5.51. The number of aromatic nitrogens is 4. The van der Waals surface area contributed by atoms with Crippen LogP contribution in [0.25, 0.3) is 21.8 Å². The summed E-state index contributed by atoms with van der Waals surface area (Å²) in [5.74, 6) is 0.328. The van der Waals surface area contributed by atoms with Crippen molar-refractivity contribution < 1.29 is 9.53 Å². The topological polar surface area (TPSA) is 91.0 Å². The van der Waals surface area contributed by atoms with Crippen molar-refractivity contribution in [1.82, 2.24) is 24.6 Å². The molecule has 2 aromatic heterocycles. The van der Waals surface area contributed by atoms with Gasteiger partial charge < -0.3 is 10.1 Å². The van der Waals surface area contributed by atoms with Crippen molar-refractivity contribution in [3.05, 3.63) is 100 Å². The third-order valence-corrected chi connectivity index (χ3v) is 6.08. The van der Waals surface area contributed by atoms with Gasteiger partial charge in [-0.25, -0.2) is 9.67 Å².